The van der Waals surface area contributed by atoms with E-state index in [9.17, 15) is 0 Å². The van der Waals surface area contributed by atoms with Crippen molar-refractivity contribution in [2.75, 3.05) is 5.75 Å². The van der Waals surface area contributed by atoms with E-state index >= 15 is 0 Å². The molecular weight excluding hydrogens is 228 g/mol. The summed E-state index contributed by atoms with van der Waals surface area (Å²) < 4.78 is 2.31. The van der Waals surface area contributed by atoms with Crippen LogP contribution >= 0.6 is 11.8 Å². The lowest BCUT2D eigenvalue weighted by molar-refractivity contribution is 0.720. The molecule has 3 heteroatoms. The Balaban J connectivity index is 1.55. The standard InChI is InChI=1S/C14H16N2S/c1-2-4-13(5-3-1)17-9-8-16-11-15-10-14(16)12-6-7-12/h1-5,10-12H,6-9H2. The van der Waals surface area contributed by atoms with Crippen LogP contribution in [-0.4, -0.2) is 15.3 Å². The van der Waals surface area contributed by atoms with Crippen molar-refractivity contribution in [3.05, 3.63) is 48.5 Å². The average molecular weight is 244 g/mol. The fourth-order valence-corrected chi connectivity index (χ4v) is 2.89. The summed E-state index contributed by atoms with van der Waals surface area (Å²) in [5, 5.41) is 0. The first-order chi connectivity index (χ1) is 8.43. The SMILES string of the molecule is c1ccc(SCCn2cncc2C2CC2)cc1. The van der Waals surface area contributed by atoms with Gasteiger partial charge < -0.3 is 4.57 Å². The lowest BCUT2D eigenvalue weighted by Gasteiger charge is -2.06. The van der Waals surface area contributed by atoms with Gasteiger partial charge in [0.25, 0.3) is 0 Å². The summed E-state index contributed by atoms with van der Waals surface area (Å²) in [7, 11) is 0. The van der Waals surface area contributed by atoms with E-state index in [2.05, 4.69) is 39.9 Å². The highest BCUT2D eigenvalue weighted by Gasteiger charge is 2.26. The second kappa shape index (κ2) is 4.96. The minimum absolute atomic E-state index is 0.791. The topological polar surface area (TPSA) is 17.8 Å². The Labute approximate surface area is 106 Å². The molecule has 17 heavy (non-hydrogen) atoms. The fraction of sp³-hybridized carbons (Fsp3) is 0.357. The summed E-state index contributed by atoms with van der Waals surface area (Å²) in [5.41, 5.74) is 1.43. The van der Waals surface area contributed by atoms with Crippen LogP contribution in [0.15, 0.2) is 47.8 Å². The maximum atomic E-state index is 4.26. The third-order valence-corrected chi connectivity index (χ3v) is 4.08. The number of aryl methyl sites for hydroxylation is 1. The zero-order chi connectivity index (χ0) is 11.5. The minimum Gasteiger partial charge on any atom is -0.333 e. The normalized spacial score (nSPS) is 15.1. The third kappa shape index (κ3) is 2.72. The fourth-order valence-electron chi connectivity index (χ4n) is 2.02. The molecule has 0 unspecified atom stereocenters. The highest BCUT2D eigenvalue weighted by atomic mass is 32.2. The molecule has 0 radical (unpaired) electrons. The van der Waals surface area contributed by atoms with Gasteiger partial charge in [-0.3, -0.25) is 0 Å². The lowest BCUT2D eigenvalue weighted by Crippen LogP contribution is -2.02. The minimum atomic E-state index is 0.791. The zero-order valence-corrected chi connectivity index (χ0v) is 10.6. The second-order valence-corrected chi connectivity index (χ2v) is 5.62. The number of rotatable bonds is 5. The average Bonchev–Trinajstić information content (AvgIpc) is 3.11. The van der Waals surface area contributed by atoms with Gasteiger partial charge in [0.2, 0.25) is 0 Å². The molecule has 1 heterocycles. The molecular formula is C14H16N2S. The molecule has 2 nitrogen and oxygen atoms in total. The maximum absolute atomic E-state index is 4.26. The monoisotopic (exact) mass is 244 g/mol. The number of imidazole rings is 1. The van der Waals surface area contributed by atoms with E-state index in [4.69, 9.17) is 0 Å². The molecule has 1 fully saturated rings. The smallest absolute Gasteiger partial charge is 0.0948 e. The molecule has 0 saturated heterocycles. The van der Waals surface area contributed by atoms with E-state index in [-0.39, 0.29) is 0 Å². The summed E-state index contributed by atoms with van der Waals surface area (Å²) in [6, 6.07) is 10.6. The molecule has 0 atom stereocenters. The van der Waals surface area contributed by atoms with Crippen LogP contribution in [0.5, 0.6) is 0 Å². The lowest BCUT2D eigenvalue weighted by atomic mass is 10.3. The van der Waals surface area contributed by atoms with Gasteiger partial charge in [-0.05, 0) is 25.0 Å². The van der Waals surface area contributed by atoms with Gasteiger partial charge in [0.1, 0.15) is 0 Å². The largest absolute Gasteiger partial charge is 0.333 e. The molecule has 1 saturated carbocycles. The van der Waals surface area contributed by atoms with Gasteiger partial charge >= 0.3 is 0 Å². The van der Waals surface area contributed by atoms with Gasteiger partial charge in [-0.2, -0.15) is 0 Å². The number of hydrogen-bond donors (Lipinski definition) is 0. The Kier molecular flexibility index (Phi) is 3.18. The van der Waals surface area contributed by atoms with Crippen LogP contribution in [0.25, 0.3) is 0 Å². The number of aromatic nitrogens is 2. The molecule has 3 rings (SSSR count). The molecule has 0 amide bonds. The van der Waals surface area contributed by atoms with Crippen molar-refractivity contribution in [1.82, 2.24) is 9.55 Å². The van der Waals surface area contributed by atoms with E-state index in [1.807, 2.05) is 24.3 Å². The summed E-state index contributed by atoms with van der Waals surface area (Å²) in [6.07, 6.45) is 6.69. The molecule has 0 bridgehead atoms. The number of benzene rings is 1. The van der Waals surface area contributed by atoms with Gasteiger partial charge in [0, 0.05) is 35.0 Å². The third-order valence-electron chi connectivity index (χ3n) is 3.08. The molecule has 0 aliphatic heterocycles. The van der Waals surface area contributed by atoms with E-state index in [0.29, 0.717) is 0 Å². The van der Waals surface area contributed by atoms with Crippen molar-refractivity contribution >= 4 is 11.8 Å². The predicted molar refractivity (Wildman–Crippen MR) is 71.4 cm³/mol. The van der Waals surface area contributed by atoms with E-state index in [0.717, 1.165) is 18.2 Å². The Bertz CT molecular complexity index is 474. The van der Waals surface area contributed by atoms with Gasteiger partial charge in [0.15, 0.2) is 0 Å². The van der Waals surface area contributed by atoms with Crippen LogP contribution in [0.3, 0.4) is 0 Å². The first-order valence-electron chi connectivity index (χ1n) is 6.11. The summed E-state index contributed by atoms with van der Waals surface area (Å²) in [5.74, 6) is 1.90. The van der Waals surface area contributed by atoms with Crippen LogP contribution in [0, 0.1) is 0 Å². The van der Waals surface area contributed by atoms with E-state index in [1.54, 1.807) is 0 Å². The molecule has 2 aromatic rings. The van der Waals surface area contributed by atoms with Crippen LogP contribution in [0.1, 0.15) is 24.5 Å². The van der Waals surface area contributed by atoms with E-state index in [1.165, 1.54) is 23.4 Å². The molecule has 1 aromatic carbocycles. The first-order valence-corrected chi connectivity index (χ1v) is 7.10. The van der Waals surface area contributed by atoms with Crippen LogP contribution in [0.2, 0.25) is 0 Å². The quantitative estimate of drug-likeness (QED) is 0.748. The van der Waals surface area contributed by atoms with Crippen LogP contribution < -0.4 is 0 Å². The van der Waals surface area contributed by atoms with Crippen molar-refractivity contribution in [2.24, 2.45) is 0 Å². The summed E-state index contributed by atoms with van der Waals surface area (Å²) in [6.45, 7) is 1.06. The summed E-state index contributed by atoms with van der Waals surface area (Å²) >= 11 is 1.91. The predicted octanol–water partition coefficient (Wildman–Crippen LogP) is 3.55. The Morgan fingerprint density at radius 1 is 1.24 bits per heavy atom. The maximum Gasteiger partial charge on any atom is 0.0948 e. The highest BCUT2D eigenvalue weighted by molar-refractivity contribution is 7.99. The van der Waals surface area contributed by atoms with E-state index < -0.39 is 0 Å². The first kappa shape index (κ1) is 10.9. The second-order valence-electron chi connectivity index (χ2n) is 4.45. The Hall–Kier alpha value is -1.22. The molecule has 1 aromatic heterocycles. The highest BCUT2D eigenvalue weighted by Crippen LogP contribution is 2.39. The molecule has 1 aliphatic carbocycles. The number of thioether (sulfide) groups is 1. The number of hydrogen-bond acceptors (Lipinski definition) is 2. The Morgan fingerprint density at radius 2 is 2.06 bits per heavy atom. The van der Waals surface area contributed by atoms with Crippen molar-refractivity contribution in [3.8, 4) is 0 Å². The van der Waals surface area contributed by atoms with Crippen LogP contribution in [0.4, 0.5) is 0 Å². The van der Waals surface area contributed by atoms with Crippen LogP contribution in [-0.2, 0) is 6.54 Å². The van der Waals surface area contributed by atoms with Crippen molar-refractivity contribution in [3.63, 3.8) is 0 Å². The number of nitrogens with zero attached hydrogens (tertiary/aromatic N) is 2. The zero-order valence-electron chi connectivity index (χ0n) is 9.75. The van der Waals surface area contributed by atoms with Crippen molar-refractivity contribution in [1.29, 1.82) is 0 Å². The molecule has 88 valence electrons. The van der Waals surface area contributed by atoms with Crippen molar-refractivity contribution < 1.29 is 0 Å². The van der Waals surface area contributed by atoms with Gasteiger partial charge in [-0.25, -0.2) is 4.98 Å². The van der Waals surface area contributed by atoms with Gasteiger partial charge in [0.05, 0.1) is 6.33 Å². The van der Waals surface area contributed by atoms with Gasteiger partial charge in [-0.1, -0.05) is 18.2 Å². The molecule has 0 spiro atoms. The van der Waals surface area contributed by atoms with Crippen molar-refractivity contribution in [2.45, 2.75) is 30.2 Å². The Morgan fingerprint density at radius 3 is 2.82 bits per heavy atom. The summed E-state index contributed by atoms with van der Waals surface area (Å²) in [4.78, 5) is 5.61. The molecule has 0 N–H and O–H groups in total. The molecule has 1 aliphatic rings. The van der Waals surface area contributed by atoms with Gasteiger partial charge in [-0.15, -0.1) is 11.8 Å².